The third-order valence-electron chi connectivity index (χ3n) is 9.26. The van der Waals surface area contributed by atoms with E-state index in [4.69, 9.17) is 9.47 Å². The fourth-order valence-electron chi connectivity index (χ4n) is 7.20. The van der Waals surface area contributed by atoms with Crippen LogP contribution in [0.2, 0.25) is 0 Å². The minimum absolute atomic E-state index is 0.0759. The number of halogens is 2. The van der Waals surface area contributed by atoms with Crippen LogP contribution in [0.1, 0.15) is 90.9 Å². The summed E-state index contributed by atoms with van der Waals surface area (Å²) in [7, 11) is 0. The van der Waals surface area contributed by atoms with Crippen molar-refractivity contribution >= 4 is 5.97 Å². The molecule has 4 rings (SSSR count). The zero-order valence-corrected chi connectivity index (χ0v) is 22.6. The summed E-state index contributed by atoms with van der Waals surface area (Å²) in [5.41, 5.74) is 0. The fourth-order valence-corrected chi connectivity index (χ4v) is 7.20. The molecule has 0 heterocycles. The maximum absolute atomic E-state index is 14.3. The summed E-state index contributed by atoms with van der Waals surface area (Å²) in [5.74, 6) is 1.38. The van der Waals surface area contributed by atoms with Crippen LogP contribution in [0.25, 0.3) is 0 Å². The van der Waals surface area contributed by atoms with Crippen molar-refractivity contribution in [3.8, 4) is 11.5 Å². The van der Waals surface area contributed by atoms with E-state index in [1.807, 2.05) is 0 Å². The molecule has 0 radical (unpaired) electrons. The Labute approximate surface area is 221 Å². The lowest BCUT2D eigenvalue weighted by Crippen LogP contribution is -2.35. The van der Waals surface area contributed by atoms with E-state index in [2.05, 4.69) is 19.1 Å². The largest absolute Gasteiger partial charge is 0.483 e. The van der Waals surface area contributed by atoms with Gasteiger partial charge in [-0.25, -0.2) is 8.78 Å². The average Bonchev–Trinajstić information content (AvgIpc) is 2.90. The Morgan fingerprint density at radius 1 is 0.838 bits per heavy atom. The molecule has 1 aromatic rings. The van der Waals surface area contributed by atoms with Crippen LogP contribution in [0.5, 0.6) is 11.5 Å². The van der Waals surface area contributed by atoms with Crippen molar-refractivity contribution in [3.63, 3.8) is 0 Å². The molecule has 3 fully saturated rings. The van der Waals surface area contributed by atoms with Crippen molar-refractivity contribution in [2.45, 2.75) is 90.9 Å². The number of allylic oxidation sites excluding steroid dienone is 3. The van der Waals surface area contributed by atoms with Crippen molar-refractivity contribution in [1.82, 2.24) is 0 Å². The number of ether oxygens (including phenoxy) is 2. The van der Waals surface area contributed by atoms with Crippen LogP contribution in [0.4, 0.5) is 8.78 Å². The number of hydrogen-bond acceptors (Lipinski definition) is 3. The maximum Gasteiger partial charge on any atom is 0.314 e. The predicted octanol–water partition coefficient (Wildman–Crippen LogP) is 8.82. The highest BCUT2D eigenvalue weighted by atomic mass is 19.1. The molecule has 0 N–H and O–H groups in total. The normalized spacial score (nSPS) is 30.4. The second-order valence-corrected chi connectivity index (χ2v) is 11.5. The van der Waals surface area contributed by atoms with Crippen LogP contribution >= 0.6 is 0 Å². The van der Waals surface area contributed by atoms with Crippen LogP contribution in [0.3, 0.4) is 0 Å². The zero-order valence-electron chi connectivity index (χ0n) is 22.6. The standard InChI is InChI=1S/C32H44F2O3/c1-3-5-7-8-22-9-10-27-19-26(16-15-25(27)18-22)23-11-13-24(14-12-23)32(35)37-28-20-29(33)31(30(34)21-28)36-17-6-4-2/h3-6,20-27H,7-19H2,1-2H3/b5-3+,6-4+. The molecule has 3 saturated carbocycles. The van der Waals surface area contributed by atoms with Crippen LogP contribution < -0.4 is 9.47 Å². The van der Waals surface area contributed by atoms with Crippen LogP contribution in [0.15, 0.2) is 36.4 Å². The molecular formula is C32H44F2O3. The molecule has 1 aromatic carbocycles. The van der Waals surface area contributed by atoms with E-state index in [0.29, 0.717) is 5.92 Å². The van der Waals surface area contributed by atoms with Gasteiger partial charge in [-0.15, -0.1) is 0 Å². The molecule has 4 unspecified atom stereocenters. The number of carbonyl (C=O) groups is 1. The van der Waals surface area contributed by atoms with Gasteiger partial charge in [-0.05, 0) is 114 Å². The Morgan fingerprint density at radius 2 is 1.43 bits per heavy atom. The Kier molecular flexibility index (Phi) is 10.2. The highest BCUT2D eigenvalue weighted by molar-refractivity contribution is 5.75. The first-order chi connectivity index (χ1) is 18.0. The van der Waals surface area contributed by atoms with E-state index in [-0.39, 0.29) is 24.2 Å². The van der Waals surface area contributed by atoms with Gasteiger partial charge in [-0.1, -0.05) is 30.7 Å². The number of benzene rings is 1. The Hall–Kier alpha value is -2.17. The Morgan fingerprint density at radius 3 is 2.11 bits per heavy atom. The van der Waals surface area contributed by atoms with Crippen LogP contribution in [-0.4, -0.2) is 12.6 Å². The van der Waals surface area contributed by atoms with E-state index in [1.165, 1.54) is 51.4 Å². The molecule has 0 saturated heterocycles. The first-order valence-electron chi connectivity index (χ1n) is 14.5. The summed E-state index contributed by atoms with van der Waals surface area (Å²) in [5, 5.41) is 0. The average molecular weight is 515 g/mol. The van der Waals surface area contributed by atoms with E-state index in [1.54, 1.807) is 19.1 Å². The molecule has 3 nitrogen and oxygen atoms in total. The molecule has 3 aliphatic carbocycles. The molecule has 37 heavy (non-hydrogen) atoms. The molecule has 0 amide bonds. The number of hydrogen-bond donors (Lipinski definition) is 0. The number of carbonyl (C=O) groups excluding carboxylic acids is 1. The lowest BCUT2D eigenvalue weighted by Gasteiger charge is -2.45. The third kappa shape index (κ3) is 7.45. The van der Waals surface area contributed by atoms with Crippen molar-refractivity contribution in [2.24, 2.45) is 35.5 Å². The molecular weight excluding hydrogens is 470 g/mol. The number of esters is 1. The van der Waals surface area contributed by atoms with Gasteiger partial charge >= 0.3 is 5.97 Å². The van der Waals surface area contributed by atoms with Gasteiger partial charge in [-0.2, -0.15) is 0 Å². The van der Waals surface area contributed by atoms with E-state index < -0.39 is 17.4 Å². The fraction of sp³-hybridized carbons (Fsp3) is 0.656. The molecule has 0 bridgehead atoms. The summed E-state index contributed by atoms with van der Waals surface area (Å²) in [6, 6.07) is 2.07. The van der Waals surface area contributed by atoms with E-state index in [9.17, 15) is 13.6 Å². The summed E-state index contributed by atoms with van der Waals surface area (Å²) in [4.78, 5) is 12.8. The van der Waals surface area contributed by atoms with Crippen molar-refractivity contribution in [2.75, 3.05) is 6.61 Å². The van der Waals surface area contributed by atoms with Crippen LogP contribution in [-0.2, 0) is 4.79 Å². The van der Waals surface area contributed by atoms with Gasteiger partial charge < -0.3 is 9.47 Å². The lowest BCUT2D eigenvalue weighted by atomic mass is 9.60. The van der Waals surface area contributed by atoms with Crippen molar-refractivity contribution in [3.05, 3.63) is 48.1 Å². The van der Waals surface area contributed by atoms with Gasteiger partial charge in [0.15, 0.2) is 17.4 Å². The molecule has 4 atom stereocenters. The summed E-state index contributed by atoms with van der Waals surface area (Å²) >= 11 is 0. The summed E-state index contributed by atoms with van der Waals surface area (Å²) < 4.78 is 39.2. The van der Waals surface area contributed by atoms with Gasteiger partial charge in [0, 0.05) is 12.1 Å². The molecule has 0 aliphatic heterocycles. The molecule has 5 heteroatoms. The van der Waals surface area contributed by atoms with Crippen molar-refractivity contribution < 1.29 is 23.0 Å². The lowest BCUT2D eigenvalue weighted by molar-refractivity contribution is -0.140. The van der Waals surface area contributed by atoms with Crippen molar-refractivity contribution in [1.29, 1.82) is 0 Å². The first-order valence-corrected chi connectivity index (χ1v) is 14.5. The smallest absolute Gasteiger partial charge is 0.314 e. The third-order valence-corrected chi connectivity index (χ3v) is 9.26. The SMILES string of the molecule is C/C=C/CCC1CCC2CC(C3CCC(C(=O)Oc4cc(F)c(OC/C=C/C)c(F)c4)CC3)CCC2C1. The second-order valence-electron chi connectivity index (χ2n) is 11.5. The molecule has 0 aromatic heterocycles. The van der Waals surface area contributed by atoms with Gasteiger partial charge in [0.05, 0.1) is 5.92 Å². The van der Waals surface area contributed by atoms with Gasteiger partial charge in [0.1, 0.15) is 12.4 Å². The first kappa shape index (κ1) is 27.9. The number of rotatable bonds is 9. The number of fused-ring (bicyclic) bond motifs is 1. The maximum atomic E-state index is 14.3. The van der Waals surface area contributed by atoms with Gasteiger partial charge in [-0.3, -0.25) is 4.79 Å². The zero-order chi connectivity index (χ0) is 26.2. The monoisotopic (exact) mass is 514 g/mol. The minimum atomic E-state index is -0.863. The van der Waals surface area contributed by atoms with Crippen LogP contribution in [0, 0.1) is 47.1 Å². The van der Waals surface area contributed by atoms with E-state index in [0.717, 1.165) is 61.5 Å². The topological polar surface area (TPSA) is 35.5 Å². The highest BCUT2D eigenvalue weighted by Crippen LogP contribution is 2.49. The summed E-state index contributed by atoms with van der Waals surface area (Å²) in [6.45, 7) is 3.99. The predicted molar refractivity (Wildman–Crippen MR) is 143 cm³/mol. The quantitative estimate of drug-likeness (QED) is 0.188. The Balaban J connectivity index is 1.22. The molecule has 3 aliphatic rings. The summed E-state index contributed by atoms with van der Waals surface area (Å²) in [6.07, 6.45) is 22.5. The Bertz CT molecular complexity index is 924. The minimum Gasteiger partial charge on any atom is -0.483 e. The van der Waals surface area contributed by atoms with Gasteiger partial charge in [0.2, 0.25) is 0 Å². The van der Waals surface area contributed by atoms with E-state index >= 15 is 0 Å². The highest BCUT2D eigenvalue weighted by Gasteiger charge is 2.39. The molecule has 204 valence electrons. The second kappa shape index (κ2) is 13.6. The van der Waals surface area contributed by atoms with Gasteiger partial charge in [0.25, 0.3) is 0 Å². The molecule has 0 spiro atoms.